The molecule has 1 saturated heterocycles. The van der Waals surface area contributed by atoms with Gasteiger partial charge < -0.3 is 5.11 Å². The van der Waals surface area contributed by atoms with Gasteiger partial charge in [0.2, 0.25) is 0 Å². The minimum atomic E-state index is -0.697. The highest BCUT2D eigenvalue weighted by Crippen LogP contribution is 2.36. The van der Waals surface area contributed by atoms with Gasteiger partial charge >= 0.3 is 5.97 Å². The molecule has 6 nitrogen and oxygen atoms in total. The van der Waals surface area contributed by atoms with Crippen LogP contribution in [0.2, 0.25) is 0 Å². The number of carbonyl (C=O) groups is 1. The lowest BCUT2D eigenvalue weighted by Gasteiger charge is -2.42. The number of likely N-dealkylation sites (tertiary alicyclic amines) is 1. The summed E-state index contributed by atoms with van der Waals surface area (Å²) in [5.41, 5.74) is 2.77. The normalized spacial score (nSPS) is 21.7. The van der Waals surface area contributed by atoms with E-state index in [-0.39, 0.29) is 11.3 Å². The first-order chi connectivity index (χ1) is 12.8. The number of aromatic nitrogens is 3. The Bertz CT molecular complexity index is 936. The van der Waals surface area contributed by atoms with Gasteiger partial charge in [0.1, 0.15) is 0 Å². The van der Waals surface area contributed by atoms with E-state index in [9.17, 15) is 9.90 Å². The number of nitrogens with zero attached hydrogens (tertiary/aromatic N) is 4. The predicted octanol–water partition coefficient (Wildman–Crippen LogP) is 3.45. The number of rotatable bonds is 3. The third kappa shape index (κ3) is 3.67. The van der Waals surface area contributed by atoms with Gasteiger partial charge in [-0.25, -0.2) is 9.50 Å². The maximum Gasteiger partial charge on any atom is 0.307 e. The molecule has 0 bridgehead atoms. The van der Waals surface area contributed by atoms with Crippen LogP contribution in [0.15, 0.2) is 36.5 Å². The maximum atomic E-state index is 11.6. The molecule has 0 saturated carbocycles. The molecule has 1 aliphatic rings. The third-order valence-electron chi connectivity index (χ3n) is 5.69. The molecule has 0 spiro atoms. The lowest BCUT2D eigenvalue weighted by atomic mass is 9.73. The summed E-state index contributed by atoms with van der Waals surface area (Å²) in [4.78, 5) is 18.6. The highest BCUT2D eigenvalue weighted by Gasteiger charge is 2.37. The molecule has 1 aliphatic heterocycles. The van der Waals surface area contributed by atoms with Gasteiger partial charge in [-0.3, -0.25) is 9.69 Å². The zero-order valence-corrected chi connectivity index (χ0v) is 16.1. The van der Waals surface area contributed by atoms with Crippen LogP contribution >= 0.6 is 0 Å². The van der Waals surface area contributed by atoms with Crippen LogP contribution in [-0.2, 0) is 11.3 Å². The molecule has 0 unspecified atom stereocenters. The first kappa shape index (κ1) is 17.9. The highest BCUT2D eigenvalue weighted by atomic mass is 16.4. The summed E-state index contributed by atoms with van der Waals surface area (Å²) >= 11 is 0. The number of piperidine rings is 1. The van der Waals surface area contributed by atoms with E-state index in [0.29, 0.717) is 19.0 Å². The molecule has 1 fully saturated rings. The van der Waals surface area contributed by atoms with Crippen LogP contribution in [0.1, 0.15) is 32.9 Å². The number of aliphatic carboxylic acids is 1. The molecular formula is C21H26N4O2. The summed E-state index contributed by atoms with van der Waals surface area (Å²) in [5, 5.41) is 15.3. The first-order valence-electron chi connectivity index (χ1n) is 9.49. The number of hydrogen-bond donors (Lipinski definition) is 1. The number of imidazole rings is 1. The van der Waals surface area contributed by atoms with E-state index in [1.165, 1.54) is 0 Å². The molecule has 2 aromatic heterocycles. The van der Waals surface area contributed by atoms with Crippen molar-refractivity contribution in [2.24, 2.45) is 17.3 Å². The van der Waals surface area contributed by atoms with Crippen LogP contribution in [0.5, 0.6) is 0 Å². The molecule has 6 heteroatoms. The van der Waals surface area contributed by atoms with Crippen molar-refractivity contribution >= 4 is 22.5 Å². The lowest BCUT2D eigenvalue weighted by molar-refractivity contribution is -0.145. The average molecular weight is 366 g/mol. The minimum Gasteiger partial charge on any atom is -0.481 e. The zero-order valence-electron chi connectivity index (χ0n) is 16.1. The fourth-order valence-corrected chi connectivity index (χ4v) is 4.00. The first-order valence-corrected chi connectivity index (χ1v) is 9.49. The third-order valence-corrected chi connectivity index (χ3v) is 5.69. The minimum absolute atomic E-state index is 0.0879. The van der Waals surface area contributed by atoms with E-state index in [2.05, 4.69) is 30.8 Å². The van der Waals surface area contributed by atoms with Crippen molar-refractivity contribution < 1.29 is 9.90 Å². The number of fused-ring (bicyclic) bond motifs is 2. The van der Waals surface area contributed by atoms with Gasteiger partial charge in [-0.1, -0.05) is 39.0 Å². The molecule has 1 N–H and O–H groups in total. The van der Waals surface area contributed by atoms with E-state index < -0.39 is 5.97 Å². The summed E-state index contributed by atoms with van der Waals surface area (Å²) in [6.07, 6.45) is 2.70. The summed E-state index contributed by atoms with van der Waals surface area (Å²) < 4.78 is 1.82. The Morgan fingerprint density at radius 3 is 2.78 bits per heavy atom. The van der Waals surface area contributed by atoms with Gasteiger partial charge in [0.25, 0.3) is 0 Å². The average Bonchev–Trinajstić information content (AvgIpc) is 2.99. The van der Waals surface area contributed by atoms with Gasteiger partial charge in [0.05, 0.1) is 23.3 Å². The molecule has 3 heterocycles. The fourth-order valence-electron chi connectivity index (χ4n) is 4.00. The SMILES string of the molecule is CC(C)(C)[C@@H]1C[C@@H](C(=O)O)CN(Cc2cn3nc4ccccc4cc3n2)C1. The maximum absolute atomic E-state index is 11.6. The molecule has 0 radical (unpaired) electrons. The molecule has 0 amide bonds. The molecule has 2 atom stereocenters. The van der Waals surface area contributed by atoms with Crippen molar-refractivity contribution in [1.82, 2.24) is 19.5 Å². The number of carboxylic acid groups (broad SMARTS) is 1. The van der Waals surface area contributed by atoms with Crippen molar-refractivity contribution in [3.05, 3.63) is 42.2 Å². The molecule has 1 aromatic carbocycles. The second-order valence-corrected chi connectivity index (χ2v) is 8.77. The predicted molar refractivity (Wildman–Crippen MR) is 104 cm³/mol. The number of carboxylic acids is 1. The second kappa shape index (κ2) is 6.60. The van der Waals surface area contributed by atoms with Crippen LogP contribution in [0.25, 0.3) is 16.6 Å². The van der Waals surface area contributed by atoms with Gasteiger partial charge in [-0.2, -0.15) is 5.10 Å². The van der Waals surface area contributed by atoms with E-state index in [4.69, 9.17) is 4.98 Å². The summed E-state index contributed by atoms with van der Waals surface area (Å²) in [5.74, 6) is -0.664. The van der Waals surface area contributed by atoms with Crippen LogP contribution in [0.3, 0.4) is 0 Å². The smallest absolute Gasteiger partial charge is 0.307 e. The molecule has 27 heavy (non-hydrogen) atoms. The Labute approximate surface area is 158 Å². The molecule has 0 aliphatic carbocycles. The molecule has 3 aromatic rings. The Morgan fingerprint density at radius 1 is 1.26 bits per heavy atom. The van der Waals surface area contributed by atoms with Gasteiger partial charge in [0.15, 0.2) is 5.65 Å². The van der Waals surface area contributed by atoms with E-state index in [1.54, 1.807) is 0 Å². The second-order valence-electron chi connectivity index (χ2n) is 8.77. The summed E-state index contributed by atoms with van der Waals surface area (Å²) in [6, 6.07) is 10.0. The highest BCUT2D eigenvalue weighted by molar-refractivity contribution is 5.80. The Balaban J connectivity index is 1.60. The van der Waals surface area contributed by atoms with Crippen LogP contribution in [0.4, 0.5) is 0 Å². The van der Waals surface area contributed by atoms with Crippen molar-refractivity contribution in [1.29, 1.82) is 0 Å². The monoisotopic (exact) mass is 366 g/mol. The zero-order chi connectivity index (χ0) is 19.2. The largest absolute Gasteiger partial charge is 0.481 e. The standard InChI is InChI=1S/C21H26N4O2/c1-21(2,3)16-8-15(20(26)27)10-24(11-16)12-17-13-25-19(22-17)9-14-6-4-5-7-18(14)23-25/h4-7,9,13,15-16H,8,10-12H2,1-3H3,(H,26,27)/t15-,16-/m1/s1. The van der Waals surface area contributed by atoms with E-state index in [0.717, 1.165) is 35.2 Å². The van der Waals surface area contributed by atoms with Crippen molar-refractivity contribution in [2.45, 2.75) is 33.7 Å². The van der Waals surface area contributed by atoms with Gasteiger partial charge in [-0.05, 0) is 29.9 Å². The Morgan fingerprint density at radius 2 is 2.04 bits per heavy atom. The Kier molecular flexibility index (Phi) is 4.38. The van der Waals surface area contributed by atoms with Crippen molar-refractivity contribution in [2.75, 3.05) is 13.1 Å². The Hall–Kier alpha value is -2.47. The fraction of sp³-hybridized carbons (Fsp3) is 0.476. The summed E-state index contributed by atoms with van der Waals surface area (Å²) in [6.45, 7) is 8.71. The number of hydrogen-bond acceptors (Lipinski definition) is 4. The van der Waals surface area contributed by atoms with Crippen LogP contribution in [-0.4, -0.2) is 43.7 Å². The van der Waals surface area contributed by atoms with Gasteiger partial charge in [0, 0.05) is 25.0 Å². The van der Waals surface area contributed by atoms with E-state index >= 15 is 0 Å². The quantitative estimate of drug-likeness (QED) is 0.769. The topological polar surface area (TPSA) is 70.7 Å². The molecule has 142 valence electrons. The van der Waals surface area contributed by atoms with Crippen LogP contribution < -0.4 is 0 Å². The number of benzene rings is 1. The summed E-state index contributed by atoms with van der Waals surface area (Å²) in [7, 11) is 0. The van der Waals surface area contributed by atoms with Crippen LogP contribution in [0, 0.1) is 17.3 Å². The lowest BCUT2D eigenvalue weighted by Crippen LogP contribution is -2.46. The van der Waals surface area contributed by atoms with Crippen molar-refractivity contribution in [3.63, 3.8) is 0 Å². The van der Waals surface area contributed by atoms with Gasteiger partial charge in [-0.15, -0.1) is 0 Å². The molecule has 4 rings (SSSR count). The van der Waals surface area contributed by atoms with E-state index in [1.807, 2.05) is 41.0 Å². The van der Waals surface area contributed by atoms with Crippen molar-refractivity contribution in [3.8, 4) is 0 Å². The molecular weight excluding hydrogens is 340 g/mol.